The maximum Gasteiger partial charge on any atom is 0.310 e. The predicted molar refractivity (Wildman–Crippen MR) is 106 cm³/mol. The van der Waals surface area contributed by atoms with E-state index in [1.807, 2.05) is 29.2 Å². The van der Waals surface area contributed by atoms with Crippen molar-refractivity contribution < 1.29 is 23.9 Å². The van der Waals surface area contributed by atoms with Crippen LogP contribution in [0.4, 0.5) is 5.69 Å². The second-order valence-electron chi connectivity index (χ2n) is 7.97. The lowest BCUT2D eigenvalue weighted by molar-refractivity contribution is -0.160. The molecule has 7 nitrogen and oxygen atoms in total. The van der Waals surface area contributed by atoms with Gasteiger partial charge in [0.05, 0.1) is 25.0 Å². The van der Waals surface area contributed by atoms with E-state index in [0.717, 1.165) is 24.9 Å². The van der Waals surface area contributed by atoms with E-state index in [1.54, 1.807) is 4.90 Å². The molecule has 4 rings (SSSR count). The third-order valence-electron chi connectivity index (χ3n) is 6.24. The monoisotopic (exact) mass is 400 g/mol. The molecule has 0 radical (unpaired) electrons. The Balaban J connectivity index is 1.39. The van der Waals surface area contributed by atoms with Crippen LogP contribution in [0.1, 0.15) is 31.2 Å². The van der Waals surface area contributed by atoms with Gasteiger partial charge in [0.2, 0.25) is 5.91 Å². The highest BCUT2D eigenvalue weighted by atomic mass is 16.5. The van der Waals surface area contributed by atoms with Gasteiger partial charge in [-0.3, -0.25) is 14.4 Å². The first-order valence-corrected chi connectivity index (χ1v) is 10.6. The van der Waals surface area contributed by atoms with Crippen molar-refractivity contribution in [2.75, 3.05) is 44.4 Å². The van der Waals surface area contributed by atoms with E-state index in [9.17, 15) is 14.4 Å². The molecule has 1 saturated carbocycles. The molecule has 2 heterocycles. The molecule has 1 aliphatic carbocycles. The van der Waals surface area contributed by atoms with Gasteiger partial charge < -0.3 is 19.3 Å². The molecule has 1 aromatic carbocycles. The van der Waals surface area contributed by atoms with Crippen molar-refractivity contribution in [3.05, 3.63) is 29.8 Å². The lowest BCUT2D eigenvalue weighted by Crippen LogP contribution is -2.44. The van der Waals surface area contributed by atoms with Gasteiger partial charge in [-0.15, -0.1) is 0 Å². The molecule has 0 aromatic heterocycles. The van der Waals surface area contributed by atoms with Crippen LogP contribution < -0.4 is 4.90 Å². The van der Waals surface area contributed by atoms with Crippen LogP contribution in [0.5, 0.6) is 0 Å². The van der Waals surface area contributed by atoms with Crippen LogP contribution in [0.2, 0.25) is 0 Å². The number of nitrogens with zero attached hydrogens (tertiary/aromatic N) is 2. The normalized spacial score (nSPS) is 24.1. The Labute approximate surface area is 170 Å². The molecule has 0 bridgehead atoms. The van der Waals surface area contributed by atoms with Crippen LogP contribution in [-0.2, 0) is 30.3 Å². The lowest BCUT2D eigenvalue weighted by Gasteiger charge is -2.32. The fourth-order valence-corrected chi connectivity index (χ4v) is 4.62. The fourth-order valence-electron chi connectivity index (χ4n) is 4.62. The quantitative estimate of drug-likeness (QED) is 0.720. The molecule has 1 saturated heterocycles. The minimum atomic E-state index is -0.471. The van der Waals surface area contributed by atoms with E-state index >= 15 is 0 Å². The van der Waals surface area contributed by atoms with Gasteiger partial charge in [0, 0.05) is 25.3 Å². The van der Waals surface area contributed by atoms with Crippen LogP contribution in [0.15, 0.2) is 24.3 Å². The van der Waals surface area contributed by atoms with Gasteiger partial charge in [0.15, 0.2) is 6.61 Å². The molecule has 1 aromatic rings. The molecule has 2 atom stereocenters. The largest absolute Gasteiger partial charge is 0.455 e. The summed E-state index contributed by atoms with van der Waals surface area (Å²) in [6.07, 6.45) is 4.00. The molecule has 3 aliphatic rings. The fraction of sp³-hybridized carbons (Fsp3) is 0.591. The topological polar surface area (TPSA) is 76.1 Å². The summed E-state index contributed by atoms with van der Waals surface area (Å²) in [4.78, 5) is 41.8. The van der Waals surface area contributed by atoms with Gasteiger partial charge in [-0.05, 0) is 30.9 Å². The number of rotatable bonds is 4. The van der Waals surface area contributed by atoms with Gasteiger partial charge in [-0.2, -0.15) is 0 Å². The Kier molecular flexibility index (Phi) is 6.13. The van der Waals surface area contributed by atoms with Gasteiger partial charge in [0.1, 0.15) is 0 Å². The number of amides is 2. The standard InChI is InChI=1S/C22H28N2O5/c25-20(23-11-13-28-14-12-23)15-29-22(27)18-7-3-2-6-17(18)21(26)24-10-9-16-5-1-4-8-19(16)24/h1,4-5,8,17-18H,2-3,6-7,9-15H2. The number of para-hydroxylation sites is 1. The van der Waals surface area contributed by atoms with E-state index < -0.39 is 11.9 Å². The van der Waals surface area contributed by atoms with Crippen molar-refractivity contribution in [1.29, 1.82) is 0 Å². The predicted octanol–water partition coefficient (Wildman–Crippen LogP) is 1.78. The first-order chi connectivity index (χ1) is 14.1. The van der Waals surface area contributed by atoms with Crippen LogP contribution in [-0.4, -0.2) is 62.1 Å². The summed E-state index contributed by atoms with van der Waals surface area (Å²) in [5.41, 5.74) is 2.13. The van der Waals surface area contributed by atoms with E-state index in [0.29, 0.717) is 45.7 Å². The van der Waals surface area contributed by atoms with Gasteiger partial charge in [-0.25, -0.2) is 0 Å². The summed E-state index contributed by atoms with van der Waals surface area (Å²) in [7, 11) is 0. The molecule has 0 spiro atoms. The minimum Gasteiger partial charge on any atom is -0.455 e. The zero-order valence-corrected chi connectivity index (χ0v) is 16.7. The summed E-state index contributed by atoms with van der Waals surface area (Å²) in [6.45, 7) is 2.46. The summed E-state index contributed by atoms with van der Waals surface area (Å²) in [5, 5.41) is 0. The van der Waals surface area contributed by atoms with Crippen LogP contribution in [0.25, 0.3) is 0 Å². The van der Waals surface area contributed by atoms with E-state index in [2.05, 4.69) is 0 Å². The maximum absolute atomic E-state index is 13.3. The summed E-state index contributed by atoms with van der Waals surface area (Å²) in [6, 6.07) is 7.94. The smallest absolute Gasteiger partial charge is 0.310 e. The van der Waals surface area contributed by atoms with Crippen LogP contribution in [0.3, 0.4) is 0 Å². The van der Waals surface area contributed by atoms with Crippen molar-refractivity contribution >= 4 is 23.5 Å². The van der Waals surface area contributed by atoms with Crippen molar-refractivity contribution in [1.82, 2.24) is 4.90 Å². The number of carbonyl (C=O) groups is 3. The number of benzene rings is 1. The molecule has 2 aliphatic heterocycles. The summed E-state index contributed by atoms with van der Waals surface area (Å²) >= 11 is 0. The SMILES string of the molecule is O=C(OCC(=O)N1CCOCC1)C1CCCCC1C(=O)N1CCc2ccccc21. The van der Waals surface area contributed by atoms with Gasteiger partial charge in [-0.1, -0.05) is 31.0 Å². The minimum absolute atomic E-state index is 0.0103. The molecule has 2 fully saturated rings. The number of ether oxygens (including phenoxy) is 2. The van der Waals surface area contributed by atoms with Crippen LogP contribution in [0, 0.1) is 11.8 Å². The number of hydrogen-bond acceptors (Lipinski definition) is 5. The lowest BCUT2D eigenvalue weighted by atomic mass is 9.78. The number of carbonyl (C=O) groups excluding carboxylic acids is 3. The van der Waals surface area contributed by atoms with Crippen LogP contribution >= 0.6 is 0 Å². The van der Waals surface area contributed by atoms with Crippen molar-refractivity contribution in [2.45, 2.75) is 32.1 Å². The van der Waals surface area contributed by atoms with E-state index in [4.69, 9.17) is 9.47 Å². The van der Waals surface area contributed by atoms with Crippen molar-refractivity contribution in [2.24, 2.45) is 11.8 Å². The Morgan fingerprint density at radius 1 is 1.00 bits per heavy atom. The second kappa shape index (κ2) is 8.95. The van der Waals surface area contributed by atoms with Crippen molar-refractivity contribution in [3.8, 4) is 0 Å². The Bertz CT molecular complexity index is 774. The molecule has 2 unspecified atom stereocenters. The molecular formula is C22H28N2O5. The molecule has 7 heteroatoms. The first kappa shape index (κ1) is 19.9. The number of anilines is 1. The molecule has 0 N–H and O–H groups in total. The molecular weight excluding hydrogens is 372 g/mol. The zero-order valence-electron chi connectivity index (χ0n) is 16.7. The highest BCUT2D eigenvalue weighted by molar-refractivity contribution is 5.99. The summed E-state index contributed by atoms with van der Waals surface area (Å²) < 4.78 is 10.6. The first-order valence-electron chi connectivity index (χ1n) is 10.6. The highest BCUT2D eigenvalue weighted by Gasteiger charge is 2.40. The Morgan fingerprint density at radius 2 is 1.72 bits per heavy atom. The third kappa shape index (κ3) is 4.29. The highest BCUT2D eigenvalue weighted by Crippen LogP contribution is 2.36. The Hall–Kier alpha value is -2.41. The second-order valence-corrected chi connectivity index (χ2v) is 7.97. The van der Waals surface area contributed by atoms with E-state index in [-0.39, 0.29) is 24.3 Å². The number of fused-ring (bicyclic) bond motifs is 1. The van der Waals surface area contributed by atoms with Gasteiger partial charge in [0.25, 0.3) is 5.91 Å². The number of hydrogen-bond donors (Lipinski definition) is 0. The number of morpholine rings is 1. The summed E-state index contributed by atoms with van der Waals surface area (Å²) in [5.74, 6) is -1.45. The Morgan fingerprint density at radius 3 is 2.52 bits per heavy atom. The van der Waals surface area contributed by atoms with E-state index in [1.165, 1.54) is 5.56 Å². The molecule has 156 valence electrons. The van der Waals surface area contributed by atoms with Crippen molar-refractivity contribution in [3.63, 3.8) is 0 Å². The molecule has 2 amide bonds. The number of esters is 1. The average molecular weight is 400 g/mol. The maximum atomic E-state index is 13.3. The third-order valence-corrected chi connectivity index (χ3v) is 6.24. The zero-order chi connectivity index (χ0) is 20.2. The van der Waals surface area contributed by atoms with Gasteiger partial charge >= 0.3 is 5.97 Å². The molecule has 29 heavy (non-hydrogen) atoms. The average Bonchev–Trinajstić information content (AvgIpc) is 3.21.